The van der Waals surface area contributed by atoms with Gasteiger partial charge >= 0.3 is 0 Å². The molecule has 1 atom stereocenters. The number of carbonyl (C=O) groups is 1. The van der Waals surface area contributed by atoms with E-state index in [1.165, 1.54) is 11.3 Å². The fourth-order valence-electron chi connectivity index (χ4n) is 3.11. The summed E-state index contributed by atoms with van der Waals surface area (Å²) in [4.78, 5) is 14.4. The quantitative estimate of drug-likeness (QED) is 0.841. The number of hydrogen-bond donors (Lipinski definition) is 1. The maximum absolute atomic E-state index is 12.0. The zero-order valence-electron chi connectivity index (χ0n) is 14.8. The Labute approximate surface area is 149 Å². The maximum Gasteiger partial charge on any atom is 0.223 e. The molecule has 0 radical (unpaired) electrons. The smallest absolute Gasteiger partial charge is 0.223 e. The molecule has 1 aliphatic rings. The van der Waals surface area contributed by atoms with Crippen molar-refractivity contribution in [3.8, 4) is 5.75 Å². The zero-order valence-corrected chi connectivity index (χ0v) is 14.8. The predicted octanol–water partition coefficient (Wildman–Crippen LogP) is 3.41. The molecule has 4 heteroatoms. The Morgan fingerprint density at radius 1 is 1.16 bits per heavy atom. The first-order valence-electron chi connectivity index (χ1n) is 8.97. The van der Waals surface area contributed by atoms with Crippen LogP contribution in [0, 0.1) is 12.8 Å². The van der Waals surface area contributed by atoms with Crippen molar-refractivity contribution in [3.63, 3.8) is 0 Å². The largest absolute Gasteiger partial charge is 0.493 e. The second kappa shape index (κ2) is 8.56. The van der Waals surface area contributed by atoms with E-state index < -0.39 is 0 Å². The summed E-state index contributed by atoms with van der Waals surface area (Å²) in [6.45, 7) is 5.32. The molecule has 1 fully saturated rings. The summed E-state index contributed by atoms with van der Waals surface area (Å²) >= 11 is 0. The maximum atomic E-state index is 12.0. The molecule has 1 aliphatic heterocycles. The molecule has 3 rings (SSSR count). The van der Waals surface area contributed by atoms with Crippen LogP contribution in [0.25, 0.3) is 0 Å². The lowest BCUT2D eigenvalue weighted by Gasteiger charge is -2.19. The van der Waals surface area contributed by atoms with Gasteiger partial charge < -0.3 is 15.0 Å². The highest BCUT2D eigenvalue weighted by Gasteiger charge is 2.22. The van der Waals surface area contributed by atoms with E-state index >= 15 is 0 Å². The molecular weight excluding hydrogens is 312 g/mol. The Morgan fingerprint density at radius 2 is 1.92 bits per heavy atom. The number of rotatable bonds is 7. The molecule has 0 saturated carbocycles. The van der Waals surface area contributed by atoms with Crippen molar-refractivity contribution in [2.24, 2.45) is 5.92 Å². The number of nitrogens with zero attached hydrogens (tertiary/aromatic N) is 1. The van der Waals surface area contributed by atoms with Crippen molar-refractivity contribution in [1.29, 1.82) is 0 Å². The minimum atomic E-state index is 0.0599. The van der Waals surface area contributed by atoms with Crippen molar-refractivity contribution in [3.05, 3.63) is 60.2 Å². The van der Waals surface area contributed by atoms with Crippen molar-refractivity contribution >= 4 is 11.6 Å². The summed E-state index contributed by atoms with van der Waals surface area (Å²) in [6.07, 6.45) is 1.51. The van der Waals surface area contributed by atoms with Gasteiger partial charge in [-0.05, 0) is 43.5 Å². The first-order chi connectivity index (χ1) is 12.2. The lowest BCUT2D eigenvalue weighted by atomic mass is 10.1. The SMILES string of the molecule is Cc1ccc(N2CCC(CNC(=O)CCOc3ccccc3)C2)cc1. The highest BCUT2D eigenvalue weighted by atomic mass is 16.5. The molecule has 0 spiro atoms. The zero-order chi connectivity index (χ0) is 17.5. The van der Waals surface area contributed by atoms with Crippen molar-refractivity contribution in [1.82, 2.24) is 5.32 Å². The van der Waals surface area contributed by atoms with Gasteiger partial charge in [0.2, 0.25) is 5.91 Å². The molecule has 25 heavy (non-hydrogen) atoms. The van der Waals surface area contributed by atoms with Crippen molar-refractivity contribution in [2.75, 3.05) is 31.1 Å². The van der Waals surface area contributed by atoms with E-state index in [0.29, 0.717) is 18.9 Å². The van der Waals surface area contributed by atoms with Crippen LogP contribution in [0.3, 0.4) is 0 Å². The van der Waals surface area contributed by atoms with E-state index in [4.69, 9.17) is 4.74 Å². The lowest BCUT2D eigenvalue weighted by molar-refractivity contribution is -0.121. The van der Waals surface area contributed by atoms with Crippen LogP contribution in [0.5, 0.6) is 5.75 Å². The Hall–Kier alpha value is -2.49. The van der Waals surface area contributed by atoms with Crippen LogP contribution in [0.4, 0.5) is 5.69 Å². The summed E-state index contributed by atoms with van der Waals surface area (Å²) in [5.41, 5.74) is 2.56. The van der Waals surface area contributed by atoms with Crippen LogP contribution >= 0.6 is 0 Å². The molecule has 2 aromatic carbocycles. The average molecular weight is 338 g/mol. The normalized spacial score (nSPS) is 16.7. The van der Waals surface area contributed by atoms with E-state index in [-0.39, 0.29) is 5.91 Å². The van der Waals surface area contributed by atoms with Crippen molar-refractivity contribution < 1.29 is 9.53 Å². The van der Waals surface area contributed by atoms with Gasteiger partial charge in [0.25, 0.3) is 0 Å². The van der Waals surface area contributed by atoms with Gasteiger partial charge in [0.15, 0.2) is 0 Å². The second-order valence-electron chi connectivity index (χ2n) is 6.65. The molecule has 1 amide bonds. The Morgan fingerprint density at radius 3 is 2.68 bits per heavy atom. The Balaban J connectivity index is 1.34. The minimum absolute atomic E-state index is 0.0599. The highest BCUT2D eigenvalue weighted by Crippen LogP contribution is 2.23. The van der Waals surface area contributed by atoms with E-state index in [0.717, 1.165) is 31.8 Å². The Kier molecular flexibility index (Phi) is 5.94. The van der Waals surface area contributed by atoms with Crippen LogP contribution in [0.15, 0.2) is 54.6 Å². The summed E-state index contributed by atoms with van der Waals surface area (Å²) in [6, 6.07) is 18.3. The van der Waals surface area contributed by atoms with Gasteiger partial charge in [-0.3, -0.25) is 4.79 Å². The molecular formula is C21H26N2O2. The summed E-state index contributed by atoms with van der Waals surface area (Å²) < 4.78 is 5.56. The van der Waals surface area contributed by atoms with E-state index in [2.05, 4.69) is 41.4 Å². The number of carbonyl (C=O) groups excluding carboxylic acids is 1. The van der Waals surface area contributed by atoms with Crippen LogP contribution in [-0.4, -0.2) is 32.1 Å². The van der Waals surface area contributed by atoms with Crippen LogP contribution in [0.2, 0.25) is 0 Å². The molecule has 0 aliphatic carbocycles. The summed E-state index contributed by atoms with van der Waals surface area (Å²) in [7, 11) is 0. The fraction of sp³-hybridized carbons (Fsp3) is 0.381. The number of aryl methyl sites for hydroxylation is 1. The van der Waals surface area contributed by atoms with Gasteiger partial charge in [0, 0.05) is 25.3 Å². The molecule has 4 nitrogen and oxygen atoms in total. The van der Waals surface area contributed by atoms with Gasteiger partial charge in [-0.1, -0.05) is 35.9 Å². The summed E-state index contributed by atoms with van der Waals surface area (Å²) in [5, 5.41) is 3.05. The monoisotopic (exact) mass is 338 g/mol. The van der Waals surface area contributed by atoms with Crippen LogP contribution in [0.1, 0.15) is 18.4 Å². The third-order valence-corrected chi connectivity index (χ3v) is 4.61. The highest BCUT2D eigenvalue weighted by molar-refractivity contribution is 5.76. The number of hydrogen-bond acceptors (Lipinski definition) is 3. The molecule has 1 unspecified atom stereocenters. The second-order valence-corrected chi connectivity index (χ2v) is 6.65. The molecule has 1 saturated heterocycles. The lowest BCUT2D eigenvalue weighted by Crippen LogP contribution is -2.31. The predicted molar refractivity (Wildman–Crippen MR) is 101 cm³/mol. The van der Waals surface area contributed by atoms with Gasteiger partial charge in [0.05, 0.1) is 13.0 Å². The number of ether oxygens (including phenoxy) is 1. The standard InChI is InChI=1S/C21H26N2O2/c1-17-7-9-19(10-8-17)23-13-11-18(16-23)15-22-21(24)12-14-25-20-5-3-2-4-6-20/h2-10,18H,11-16H2,1H3,(H,22,24). The van der Waals surface area contributed by atoms with E-state index in [9.17, 15) is 4.79 Å². The van der Waals surface area contributed by atoms with Crippen LogP contribution < -0.4 is 15.0 Å². The first-order valence-corrected chi connectivity index (χ1v) is 8.97. The minimum Gasteiger partial charge on any atom is -0.493 e. The third kappa shape index (κ3) is 5.24. The average Bonchev–Trinajstić information content (AvgIpc) is 3.10. The number of nitrogens with one attached hydrogen (secondary N) is 1. The van der Waals surface area contributed by atoms with Crippen LogP contribution in [-0.2, 0) is 4.79 Å². The fourth-order valence-corrected chi connectivity index (χ4v) is 3.11. The van der Waals surface area contributed by atoms with E-state index in [1.54, 1.807) is 0 Å². The number of anilines is 1. The van der Waals surface area contributed by atoms with Gasteiger partial charge in [-0.25, -0.2) is 0 Å². The summed E-state index contributed by atoms with van der Waals surface area (Å²) in [5.74, 6) is 1.38. The molecule has 0 aromatic heterocycles. The molecule has 0 bridgehead atoms. The molecule has 1 heterocycles. The first kappa shape index (κ1) is 17.3. The molecule has 2 aromatic rings. The topological polar surface area (TPSA) is 41.6 Å². The molecule has 1 N–H and O–H groups in total. The Bertz CT molecular complexity index is 670. The number of amides is 1. The van der Waals surface area contributed by atoms with Gasteiger partial charge in [-0.15, -0.1) is 0 Å². The third-order valence-electron chi connectivity index (χ3n) is 4.61. The number of para-hydroxylation sites is 1. The molecule has 132 valence electrons. The number of benzene rings is 2. The van der Waals surface area contributed by atoms with Gasteiger partial charge in [0.1, 0.15) is 5.75 Å². The van der Waals surface area contributed by atoms with E-state index in [1.807, 2.05) is 30.3 Å². The van der Waals surface area contributed by atoms with Crippen molar-refractivity contribution in [2.45, 2.75) is 19.8 Å². The van der Waals surface area contributed by atoms with Gasteiger partial charge in [-0.2, -0.15) is 0 Å².